The van der Waals surface area contributed by atoms with E-state index in [0.29, 0.717) is 13.2 Å². The number of ether oxygens (including phenoxy) is 1. The van der Waals surface area contributed by atoms with Gasteiger partial charge in [0.15, 0.2) is 0 Å². The van der Waals surface area contributed by atoms with Crippen molar-refractivity contribution in [2.24, 2.45) is 0 Å². The number of hydrogen-bond acceptors (Lipinski definition) is 3. The van der Waals surface area contributed by atoms with E-state index >= 15 is 0 Å². The topological polar surface area (TPSA) is 51.0 Å². The number of rotatable bonds is 8. The second-order valence-corrected chi connectivity index (χ2v) is 4.12. The Bertz CT molecular complexity index is 196. The standard InChI is InChI=1S/C11H21NO3/c1-2-3-4-5-8-15-11(14)10-9-12(10)6-7-13/h10,13H,2-9H2,1H3/p+1/t10-,12?/m1/s1. The first kappa shape index (κ1) is 12.5. The van der Waals surface area contributed by atoms with E-state index in [0.717, 1.165) is 24.3 Å². The molecule has 1 heterocycles. The summed E-state index contributed by atoms with van der Waals surface area (Å²) in [5.41, 5.74) is 0. The van der Waals surface area contributed by atoms with Gasteiger partial charge in [0, 0.05) is 0 Å². The SMILES string of the molecule is CCCCCCOC(=O)[C@H]1C[NH+]1CCO. The Balaban J connectivity index is 1.96. The summed E-state index contributed by atoms with van der Waals surface area (Å²) >= 11 is 0. The van der Waals surface area contributed by atoms with Crippen molar-refractivity contribution in [3.63, 3.8) is 0 Å². The first-order chi connectivity index (χ1) is 7.29. The fourth-order valence-electron chi connectivity index (χ4n) is 1.68. The van der Waals surface area contributed by atoms with Crippen LogP contribution in [0.25, 0.3) is 0 Å². The summed E-state index contributed by atoms with van der Waals surface area (Å²) in [6.45, 7) is 4.35. The molecule has 0 saturated carbocycles. The predicted molar refractivity (Wildman–Crippen MR) is 56.7 cm³/mol. The molecule has 0 amide bonds. The van der Waals surface area contributed by atoms with Gasteiger partial charge >= 0.3 is 5.97 Å². The van der Waals surface area contributed by atoms with Gasteiger partial charge < -0.3 is 14.7 Å². The second-order valence-electron chi connectivity index (χ2n) is 4.12. The first-order valence-electron chi connectivity index (χ1n) is 5.91. The van der Waals surface area contributed by atoms with Crippen molar-refractivity contribution < 1.29 is 19.5 Å². The van der Waals surface area contributed by atoms with Crippen molar-refractivity contribution in [2.75, 3.05) is 26.3 Å². The number of aliphatic hydroxyl groups is 1. The maximum Gasteiger partial charge on any atom is 0.371 e. The number of unbranched alkanes of at least 4 members (excludes halogenated alkanes) is 3. The first-order valence-corrected chi connectivity index (χ1v) is 5.91. The Morgan fingerprint density at radius 3 is 2.93 bits per heavy atom. The van der Waals surface area contributed by atoms with Gasteiger partial charge in [0.2, 0.25) is 6.04 Å². The highest BCUT2D eigenvalue weighted by Crippen LogP contribution is 2.00. The smallest absolute Gasteiger partial charge is 0.371 e. The quantitative estimate of drug-likeness (QED) is 0.323. The van der Waals surface area contributed by atoms with Crippen molar-refractivity contribution in [1.29, 1.82) is 0 Å². The van der Waals surface area contributed by atoms with Crippen LogP contribution in [-0.4, -0.2) is 43.4 Å². The Kier molecular flexibility index (Phi) is 5.65. The molecule has 88 valence electrons. The summed E-state index contributed by atoms with van der Waals surface area (Å²) in [5, 5.41) is 8.68. The van der Waals surface area contributed by atoms with E-state index in [2.05, 4.69) is 6.92 Å². The van der Waals surface area contributed by atoms with Crippen LogP contribution in [0.1, 0.15) is 32.6 Å². The van der Waals surface area contributed by atoms with E-state index in [1.807, 2.05) is 0 Å². The molecule has 0 radical (unpaired) electrons. The fraction of sp³-hybridized carbons (Fsp3) is 0.909. The Hall–Kier alpha value is -0.610. The van der Waals surface area contributed by atoms with E-state index in [9.17, 15) is 4.79 Å². The fourth-order valence-corrected chi connectivity index (χ4v) is 1.68. The van der Waals surface area contributed by atoms with Crippen molar-refractivity contribution in [3.8, 4) is 0 Å². The highest BCUT2D eigenvalue weighted by Gasteiger charge is 2.47. The third kappa shape index (κ3) is 4.62. The average molecular weight is 216 g/mol. The minimum atomic E-state index is -0.0880. The Labute approximate surface area is 91.2 Å². The van der Waals surface area contributed by atoms with Crippen LogP contribution in [-0.2, 0) is 9.53 Å². The maximum atomic E-state index is 11.4. The number of nitrogens with one attached hydrogen (secondary N) is 1. The predicted octanol–water partition coefficient (Wildman–Crippen LogP) is -0.631. The molecule has 0 aliphatic carbocycles. The lowest BCUT2D eigenvalue weighted by Crippen LogP contribution is -2.95. The van der Waals surface area contributed by atoms with Crippen LogP contribution < -0.4 is 4.90 Å². The molecule has 0 aromatic rings. The van der Waals surface area contributed by atoms with Crippen LogP contribution in [0, 0.1) is 0 Å². The summed E-state index contributed by atoms with van der Waals surface area (Å²) in [7, 11) is 0. The zero-order valence-electron chi connectivity index (χ0n) is 9.50. The Morgan fingerprint density at radius 1 is 1.47 bits per heavy atom. The molecule has 1 aliphatic heterocycles. The number of carbonyl (C=O) groups excluding carboxylic acids is 1. The third-order valence-corrected chi connectivity index (χ3v) is 2.76. The highest BCUT2D eigenvalue weighted by atomic mass is 16.5. The van der Waals surface area contributed by atoms with E-state index < -0.39 is 0 Å². The molecule has 15 heavy (non-hydrogen) atoms. The van der Waals surface area contributed by atoms with Crippen molar-refractivity contribution in [2.45, 2.75) is 38.6 Å². The summed E-state index contributed by atoms with van der Waals surface area (Å²) < 4.78 is 5.15. The molecule has 0 aromatic carbocycles. The summed E-state index contributed by atoms with van der Waals surface area (Å²) in [4.78, 5) is 12.5. The van der Waals surface area contributed by atoms with Gasteiger partial charge in [0.1, 0.15) is 13.1 Å². The number of esters is 1. The zero-order chi connectivity index (χ0) is 11.1. The van der Waals surface area contributed by atoms with Gasteiger partial charge in [-0.15, -0.1) is 0 Å². The van der Waals surface area contributed by atoms with Crippen LogP contribution in [0.3, 0.4) is 0 Å². The molecule has 2 atom stereocenters. The molecule has 1 unspecified atom stereocenters. The van der Waals surface area contributed by atoms with E-state index in [1.54, 1.807) is 0 Å². The molecule has 0 bridgehead atoms. The number of quaternary nitrogens is 1. The summed E-state index contributed by atoms with van der Waals surface area (Å²) in [6, 6.07) is 0.00308. The molecule has 4 nitrogen and oxygen atoms in total. The molecule has 1 aliphatic rings. The molecule has 0 spiro atoms. The number of carbonyl (C=O) groups is 1. The van der Waals surface area contributed by atoms with Gasteiger partial charge in [0.25, 0.3) is 0 Å². The minimum Gasteiger partial charge on any atom is -0.461 e. The van der Waals surface area contributed by atoms with Crippen LogP contribution >= 0.6 is 0 Å². The van der Waals surface area contributed by atoms with Crippen LogP contribution in [0.4, 0.5) is 0 Å². The number of aliphatic hydroxyl groups excluding tert-OH is 1. The largest absolute Gasteiger partial charge is 0.461 e. The monoisotopic (exact) mass is 216 g/mol. The van der Waals surface area contributed by atoms with Gasteiger partial charge in [-0.2, -0.15) is 0 Å². The normalized spacial score (nSPS) is 23.9. The third-order valence-electron chi connectivity index (χ3n) is 2.76. The molecular formula is C11H22NO3+. The van der Waals surface area contributed by atoms with Crippen molar-refractivity contribution in [1.82, 2.24) is 0 Å². The van der Waals surface area contributed by atoms with Crippen LogP contribution in [0.15, 0.2) is 0 Å². The molecule has 0 aromatic heterocycles. The molecule has 1 saturated heterocycles. The van der Waals surface area contributed by atoms with E-state index in [1.165, 1.54) is 12.8 Å². The molecule has 1 rings (SSSR count). The lowest BCUT2D eigenvalue weighted by molar-refractivity contribution is -0.770. The lowest BCUT2D eigenvalue weighted by Gasteiger charge is -2.02. The molecular weight excluding hydrogens is 194 g/mol. The summed E-state index contributed by atoms with van der Waals surface area (Å²) in [5.74, 6) is -0.0880. The van der Waals surface area contributed by atoms with Gasteiger partial charge in [0.05, 0.1) is 13.2 Å². The molecule has 4 heteroatoms. The highest BCUT2D eigenvalue weighted by molar-refractivity contribution is 5.76. The average Bonchev–Trinajstić information content (AvgIpc) is 2.97. The summed E-state index contributed by atoms with van der Waals surface area (Å²) in [6.07, 6.45) is 4.52. The van der Waals surface area contributed by atoms with E-state index in [-0.39, 0.29) is 18.6 Å². The molecule has 2 N–H and O–H groups in total. The maximum absolute atomic E-state index is 11.4. The van der Waals surface area contributed by atoms with Gasteiger partial charge in [-0.25, -0.2) is 4.79 Å². The van der Waals surface area contributed by atoms with Crippen molar-refractivity contribution in [3.05, 3.63) is 0 Å². The van der Waals surface area contributed by atoms with E-state index in [4.69, 9.17) is 9.84 Å². The Morgan fingerprint density at radius 2 is 2.27 bits per heavy atom. The van der Waals surface area contributed by atoms with Gasteiger partial charge in [-0.3, -0.25) is 0 Å². The van der Waals surface area contributed by atoms with Gasteiger partial charge in [-0.05, 0) is 6.42 Å². The lowest BCUT2D eigenvalue weighted by atomic mass is 10.2. The van der Waals surface area contributed by atoms with Gasteiger partial charge in [-0.1, -0.05) is 26.2 Å². The minimum absolute atomic E-state index is 0.00308. The van der Waals surface area contributed by atoms with Crippen LogP contribution in [0.2, 0.25) is 0 Å². The van der Waals surface area contributed by atoms with Crippen molar-refractivity contribution >= 4 is 5.97 Å². The second kappa shape index (κ2) is 6.80. The molecule has 1 fully saturated rings. The zero-order valence-corrected chi connectivity index (χ0v) is 9.50. The number of hydrogen-bond donors (Lipinski definition) is 2. The van der Waals surface area contributed by atoms with Crippen LogP contribution in [0.5, 0.6) is 0 Å².